The number of esters is 1. The number of halogens is 4. The average Bonchev–Trinajstić information content (AvgIpc) is 3.26. The van der Waals surface area contributed by atoms with Gasteiger partial charge in [0.2, 0.25) is 0 Å². The summed E-state index contributed by atoms with van der Waals surface area (Å²) in [6.45, 7) is 3.32. The van der Waals surface area contributed by atoms with Crippen molar-refractivity contribution in [3.63, 3.8) is 0 Å². The summed E-state index contributed by atoms with van der Waals surface area (Å²) in [5.41, 5.74) is -0.662. The van der Waals surface area contributed by atoms with E-state index in [1.807, 2.05) is 38.1 Å². The minimum atomic E-state index is -4.95. The van der Waals surface area contributed by atoms with Gasteiger partial charge in [0.1, 0.15) is 10.8 Å². The second-order valence-corrected chi connectivity index (χ2v) is 11.7. The van der Waals surface area contributed by atoms with Crippen molar-refractivity contribution >= 4 is 42.4 Å². The number of rotatable bonds is 7. The van der Waals surface area contributed by atoms with Crippen LogP contribution in [0.2, 0.25) is 0 Å². The van der Waals surface area contributed by atoms with Gasteiger partial charge in [-0.25, -0.2) is 17.6 Å². The Balaban J connectivity index is 1.91. The molecule has 3 aromatic carbocycles. The summed E-state index contributed by atoms with van der Waals surface area (Å²) >= 11 is 1.20. The molecule has 0 atom stereocenters. The molecule has 0 aliphatic rings. The van der Waals surface area contributed by atoms with Gasteiger partial charge in [0, 0.05) is 4.70 Å². The first kappa shape index (κ1) is 27.6. The number of fused-ring (bicyclic) bond motifs is 1. The molecule has 200 valence electrons. The van der Waals surface area contributed by atoms with E-state index in [9.17, 15) is 30.8 Å². The molecule has 0 aliphatic carbocycles. The Bertz CT molecular complexity index is 1590. The molecule has 0 saturated heterocycles. The SMILES string of the molecule is COC(=O)c1ccc(S(=O)(=O)N(Cc2ccc(F)c(C(F)(F)F)c2)c2sc3ccccc3c2C(C)C)cc1. The third kappa shape index (κ3) is 5.25. The second kappa shape index (κ2) is 10.4. The number of methoxy groups -OCH3 is 1. The highest BCUT2D eigenvalue weighted by molar-refractivity contribution is 7.93. The van der Waals surface area contributed by atoms with Crippen LogP contribution in [0.15, 0.2) is 71.6 Å². The molecule has 0 N–H and O–H groups in total. The van der Waals surface area contributed by atoms with Gasteiger partial charge in [-0.2, -0.15) is 13.2 Å². The summed E-state index contributed by atoms with van der Waals surface area (Å²) in [5.74, 6) is -2.22. The predicted octanol–water partition coefficient (Wildman–Crippen LogP) is 7.36. The third-order valence-corrected chi connectivity index (χ3v) is 9.03. The lowest BCUT2D eigenvalue weighted by atomic mass is 10.0. The summed E-state index contributed by atoms with van der Waals surface area (Å²) in [5, 5.41) is 1.18. The standard InChI is InChI=1S/C27H23F4NO4S2/c1-16(2)24-20-6-4-5-7-23(20)37-25(24)32(15-17-8-13-22(28)21(14-17)27(29,30)31)38(34,35)19-11-9-18(10-12-19)26(33)36-3/h4-14,16H,15H2,1-3H3. The van der Waals surface area contributed by atoms with Crippen molar-refractivity contribution in [1.82, 2.24) is 0 Å². The lowest BCUT2D eigenvalue weighted by molar-refractivity contribution is -0.140. The number of thiophene rings is 1. The topological polar surface area (TPSA) is 63.7 Å². The van der Waals surface area contributed by atoms with Gasteiger partial charge in [-0.05, 0) is 64.9 Å². The molecule has 0 fully saturated rings. The van der Waals surface area contributed by atoms with Gasteiger partial charge in [0.25, 0.3) is 10.0 Å². The zero-order valence-electron chi connectivity index (χ0n) is 20.5. The van der Waals surface area contributed by atoms with Crippen LogP contribution >= 0.6 is 11.3 Å². The fourth-order valence-electron chi connectivity index (χ4n) is 4.12. The van der Waals surface area contributed by atoms with E-state index in [0.717, 1.165) is 26.0 Å². The van der Waals surface area contributed by atoms with Crippen LogP contribution in [0.3, 0.4) is 0 Å². The number of carbonyl (C=O) groups is 1. The van der Waals surface area contributed by atoms with Crippen molar-refractivity contribution in [2.75, 3.05) is 11.4 Å². The zero-order valence-corrected chi connectivity index (χ0v) is 22.2. The van der Waals surface area contributed by atoms with E-state index in [-0.39, 0.29) is 21.9 Å². The Morgan fingerprint density at radius 1 is 1.03 bits per heavy atom. The van der Waals surface area contributed by atoms with Crippen molar-refractivity contribution in [3.05, 3.63) is 94.8 Å². The summed E-state index contributed by atoms with van der Waals surface area (Å²) in [6.07, 6.45) is -4.95. The lowest BCUT2D eigenvalue weighted by Crippen LogP contribution is -2.31. The van der Waals surface area contributed by atoms with Crippen molar-refractivity contribution in [2.45, 2.75) is 37.4 Å². The monoisotopic (exact) mass is 565 g/mol. The van der Waals surface area contributed by atoms with Crippen LogP contribution in [0.25, 0.3) is 10.1 Å². The summed E-state index contributed by atoms with van der Waals surface area (Å²) in [7, 11) is -3.15. The van der Waals surface area contributed by atoms with Gasteiger partial charge in [0.05, 0.1) is 29.7 Å². The Labute approximate surface area is 221 Å². The maximum atomic E-state index is 14.0. The molecule has 0 bridgehead atoms. The first-order chi connectivity index (χ1) is 17.8. The largest absolute Gasteiger partial charge is 0.465 e. The molecule has 1 heterocycles. The van der Waals surface area contributed by atoms with E-state index in [2.05, 4.69) is 4.74 Å². The summed E-state index contributed by atoms with van der Waals surface area (Å²) in [6, 6.07) is 14.8. The van der Waals surface area contributed by atoms with E-state index in [1.165, 1.54) is 42.7 Å². The van der Waals surface area contributed by atoms with Crippen LogP contribution in [0, 0.1) is 5.82 Å². The smallest absolute Gasteiger partial charge is 0.419 e. The molecule has 0 spiro atoms. The molecule has 0 amide bonds. The summed E-state index contributed by atoms with van der Waals surface area (Å²) in [4.78, 5) is 11.7. The highest BCUT2D eigenvalue weighted by Gasteiger charge is 2.35. The van der Waals surface area contributed by atoms with Crippen molar-refractivity contribution in [3.8, 4) is 0 Å². The Morgan fingerprint density at radius 3 is 2.29 bits per heavy atom. The molecule has 4 aromatic rings. The third-order valence-electron chi connectivity index (χ3n) is 5.94. The fraction of sp³-hybridized carbons (Fsp3) is 0.222. The Hall–Kier alpha value is -3.44. The number of nitrogens with zero attached hydrogens (tertiary/aromatic N) is 1. The quantitative estimate of drug-likeness (QED) is 0.173. The van der Waals surface area contributed by atoms with Crippen LogP contribution in [-0.4, -0.2) is 21.5 Å². The van der Waals surface area contributed by atoms with Gasteiger partial charge in [-0.3, -0.25) is 4.31 Å². The van der Waals surface area contributed by atoms with E-state index >= 15 is 0 Å². The van der Waals surface area contributed by atoms with Crippen LogP contribution in [0.4, 0.5) is 22.6 Å². The number of carbonyl (C=O) groups excluding carboxylic acids is 1. The molecule has 38 heavy (non-hydrogen) atoms. The average molecular weight is 566 g/mol. The van der Waals surface area contributed by atoms with Gasteiger partial charge < -0.3 is 4.74 Å². The molecule has 4 rings (SSSR count). The van der Waals surface area contributed by atoms with Crippen molar-refractivity contribution < 1.29 is 35.5 Å². The van der Waals surface area contributed by atoms with Crippen LogP contribution in [0.5, 0.6) is 0 Å². The first-order valence-corrected chi connectivity index (χ1v) is 13.7. The maximum absolute atomic E-state index is 14.0. The van der Waals surface area contributed by atoms with E-state index in [1.54, 1.807) is 0 Å². The molecule has 11 heteroatoms. The number of alkyl halides is 3. The van der Waals surface area contributed by atoms with Crippen LogP contribution < -0.4 is 4.31 Å². The molecule has 0 aliphatic heterocycles. The fourth-order valence-corrected chi connectivity index (χ4v) is 7.16. The number of ether oxygens (including phenoxy) is 1. The zero-order chi connectivity index (χ0) is 27.8. The highest BCUT2D eigenvalue weighted by atomic mass is 32.2. The molecule has 0 unspecified atom stereocenters. The number of hydrogen-bond acceptors (Lipinski definition) is 5. The number of anilines is 1. The molecular weight excluding hydrogens is 542 g/mol. The van der Waals surface area contributed by atoms with Crippen LogP contribution in [0.1, 0.15) is 46.8 Å². The van der Waals surface area contributed by atoms with Gasteiger partial charge in [-0.15, -0.1) is 11.3 Å². The minimum absolute atomic E-state index is 0.0411. The molecule has 0 saturated carbocycles. The van der Waals surface area contributed by atoms with Crippen molar-refractivity contribution in [2.24, 2.45) is 0 Å². The van der Waals surface area contributed by atoms with Crippen molar-refractivity contribution in [1.29, 1.82) is 0 Å². The molecular formula is C27H23F4NO4S2. The van der Waals surface area contributed by atoms with Crippen LogP contribution in [-0.2, 0) is 27.5 Å². The normalized spacial score (nSPS) is 12.2. The Kier molecular flexibility index (Phi) is 7.53. The molecule has 0 radical (unpaired) electrons. The summed E-state index contributed by atoms with van der Waals surface area (Å²) < 4.78 is 88.8. The second-order valence-electron chi connectivity index (χ2n) is 8.81. The maximum Gasteiger partial charge on any atom is 0.419 e. The predicted molar refractivity (Wildman–Crippen MR) is 138 cm³/mol. The number of benzene rings is 3. The van der Waals surface area contributed by atoms with Gasteiger partial charge in [0.15, 0.2) is 0 Å². The van der Waals surface area contributed by atoms with Gasteiger partial charge in [-0.1, -0.05) is 38.1 Å². The number of hydrogen-bond donors (Lipinski definition) is 0. The minimum Gasteiger partial charge on any atom is -0.465 e. The van der Waals surface area contributed by atoms with E-state index in [4.69, 9.17) is 0 Å². The van der Waals surface area contributed by atoms with E-state index in [0.29, 0.717) is 17.1 Å². The number of sulfonamides is 1. The highest BCUT2D eigenvalue weighted by Crippen LogP contribution is 2.45. The first-order valence-electron chi connectivity index (χ1n) is 11.4. The molecule has 5 nitrogen and oxygen atoms in total. The Morgan fingerprint density at radius 2 is 1.68 bits per heavy atom. The van der Waals surface area contributed by atoms with E-state index < -0.39 is 40.1 Å². The van der Waals surface area contributed by atoms with Gasteiger partial charge >= 0.3 is 12.1 Å². The molecule has 1 aromatic heterocycles. The lowest BCUT2D eigenvalue weighted by Gasteiger charge is -2.26.